The fourth-order valence-corrected chi connectivity index (χ4v) is 2.72. The quantitative estimate of drug-likeness (QED) is 0.822. The molecule has 0 spiro atoms. The summed E-state index contributed by atoms with van der Waals surface area (Å²) < 4.78 is 0. The smallest absolute Gasteiger partial charge is 0.233 e. The number of carbonyl (C=O) groups excluding carboxylic acids is 2. The molecule has 1 aromatic rings. The Bertz CT molecular complexity index is 505. The van der Waals surface area contributed by atoms with Gasteiger partial charge in [0.2, 0.25) is 11.8 Å². The van der Waals surface area contributed by atoms with Crippen molar-refractivity contribution in [2.24, 2.45) is 0 Å². The van der Waals surface area contributed by atoms with E-state index >= 15 is 0 Å². The summed E-state index contributed by atoms with van der Waals surface area (Å²) in [5, 5.41) is 5.71. The summed E-state index contributed by atoms with van der Waals surface area (Å²) in [4.78, 5) is 25.8. The van der Waals surface area contributed by atoms with Gasteiger partial charge in [-0.3, -0.25) is 9.59 Å². The molecule has 0 unspecified atom stereocenters. The number of rotatable bonds is 5. The largest absolute Gasteiger partial charge is 0.378 e. The van der Waals surface area contributed by atoms with Crippen LogP contribution < -0.4 is 15.5 Å². The molecule has 0 bridgehead atoms. The zero-order valence-corrected chi connectivity index (χ0v) is 13.4. The van der Waals surface area contributed by atoms with Gasteiger partial charge in [-0.2, -0.15) is 0 Å². The molecule has 2 amide bonds. The van der Waals surface area contributed by atoms with Crippen LogP contribution in [0.1, 0.15) is 38.5 Å². The number of hydrogen-bond acceptors (Lipinski definition) is 3. The second-order valence-corrected chi connectivity index (χ2v) is 6.07. The molecule has 0 aromatic heterocycles. The van der Waals surface area contributed by atoms with Gasteiger partial charge in [-0.25, -0.2) is 0 Å². The SMILES string of the molecule is CN(C)c1ccc(NC(=O)CC(=O)NC2CCCCC2)cc1. The molecule has 0 aliphatic heterocycles. The lowest BCUT2D eigenvalue weighted by atomic mass is 9.95. The number of nitrogens with one attached hydrogen (secondary N) is 2. The van der Waals surface area contributed by atoms with E-state index in [4.69, 9.17) is 0 Å². The Labute approximate surface area is 132 Å². The average molecular weight is 303 g/mol. The van der Waals surface area contributed by atoms with Crippen molar-refractivity contribution in [1.29, 1.82) is 0 Å². The molecule has 1 aliphatic carbocycles. The van der Waals surface area contributed by atoms with Gasteiger partial charge < -0.3 is 15.5 Å². The van der Waals surface area contributed by atoms with Gasteiger partial charge in [-0.15, -0.1) is 0 Å². The Morgan fingerprint density at radius 3 is 2.27 bits per heavy atom. The Hall–Kier alpha value is -2.04. The minimum Gasteiger partial charge on any atom is -0.378 e. The van der Waals surface area contributed by atoms with Crippen LogP contribution in [0.5, 0.6) is 0 Å². The number of anilines is 2. The van der Waals surface area contributed by atoms with Crippen LogP contribution in [-0.4, -0.2) is 32.0 Å². The fraction of sp³-hybridized carbons (Fsp3) is 0.529. The molecule has 120 valence electrons. The number of carbonyl (C=O) groups is 2. The lowest BCUT2D eigenvalue weighted by Gasteiger charge is -2.22. The fourth-order valence-electron chi connectivity index (χ4n) is 2.72. The highest BCUT2D eigenvalue weighted by atomic mass is 16.2. The van der Waals surface area contributed by atoms with Crippen molar-refractivity contribution in [2.75, 3.05) is 24.3 Å². The van der Waals surface area contributed by atoms with Crippen LogP contribution in [0.15, 0.2) is 24.3 Å². The predicted octanol–water partition coefficient (Wildman–Crippen LogP) is 2.53. The Morgan fingerprint density at radius 2 is 1.68 bits per heavy atom. The predicted molar refractivity (Wildman–Crippen MR) is 89.0 cm³/mol. The van der Waals surface area contributed by atoms with Crippen molar-refractivity contribution in [3.05, 3.63) is 24.3 Å². The molecule has 0 radical (unpaired) electrons. The minimum absolute atomic E-state index is 0.119. The topological polar surface area (TPSA) is 61.4 Å². The van der Waals surface area contributed by atoms with Crippen molar-refractivity contribution >= 4 is 23.2 Å². The lowest BCUT2D eigenvalue weighted by molar-refractivity contribution is -0.127. The molecule has 1 aliphatic rings. The summed E-state index contributed by atoms with van der Waals surface area (Å²) in [6, 6.07) is 7.78. The Kier molecular flexibility index (Phi) is 5.81. The first kappa shape index (κ1) is 16.3. The third kappa shape index (κ3) is 5.06. The summed E-state index contributed by atoms with van der Waals surface area (Å²) in [6.45, 7) is 0. The summed E-state index contributed by atoms with van der Waals surface area (Å²) in [6.07, 6.45) is 5.51. The summed E-state index contributed by atoms with van der Waals surface area (Å²) in [7, 11) is 3.92. The Balaban J connectivity index is 1.77. The summed E-state index contributed by atoms with van der Waals surface area (Å²) >= 11 is 0. The standard InChI is InChI=1S/C17H25N3O2/c1-20(2)15-10-8-14(9-11-15)19-17(22)12-16(21)18-13-6-4-3-5-7-13/h8-11,13H,3-7,12H2,1-2H3,(H,18,21)(H,19,22). The van der Waals surface area contributed by atoms with Crippen LogP contribution in [0.3, 0.4) is 0 Å². The van der Waals surface area contributed by atoms with E-state index in [1.165, 1.54) is 6.42 Å². The minimum atomic E-state index is -0.272. The molecule has 0 saturated heterocycles. The molecule has 2 N–H and O–H groups in total. The molecule has 2 rings (SSSR count). The van der Waals surface area contributed by atoms with Crippen LogP contribution in [0.2, 0.25) is 0 Å². The summed E-state index contributed by atoms with van der Waals surface area (Å²) in [5.41, 5.74) is 1.77. The van der Waals surface area contributed by atoms with Crippen molar-refractivity contribution in [2.45, 2.75) is 44.6 Å². The highest BCUT2D eigenvalue weighted by Crippen LogP contribution is 2.18. The zero-order chi connectivity index (χ0) is 15.9. The summed E-state index contributed by atoms with van der Waals surface area (Å²) in [5.74, 6) is -0.458. The van der Waals surface area contributed by atoms with Gasteiger partial charge in [-0.1, -0.05) is 19.3 Å². The van der Waals surface area contributed by atoms with Crippen LogP contribution >= 0.6 is 0 Å². The maximum absolute atomic E-state index is 11.9. The zero-order valence-electron chi connectivity index (χ0n) is 13.4. The third-order valence-electron chi connectivity index (χ3n) is 3.96. The molecule has 0 heterocycles. The maximum Gasteiger partial charge on any atom is 0.233 e. The second kappa shape index (κ2) is 7.82. The van der Waals surface area contributed by atoms with E-state index in [9.17, 15) is 9.59 Å². The van der Waals surface area contributed by atoms with E-state index in [-0.39, 0.29) is 24.3 Å². The third-order valence-corrected chi connectivity index (χ3v) is 3.96. The molecule has 1 saturated carbocycles. The van der Waals surface area contributed by atoms with Crippen molar-refractivity contribution in [3.8, 4) is 0 Å². The molecule has 22 heavy (non-hydrogen) atoms. The lowest BCUT2D eigenvalue weighted by Crippen LogP contribution is -2.37. The number of benzene rings is 1. The van der Waals surface area contributed by atoms with Gasteiger partial charge >= 0.3 is 0 Å². The first-order valence-electron chi connectivity index (χ1n) is 7.91. The van der Waals surface area contributed by atoms with Gasteiger partial charge in [0.15, 0.2) is 0 Å². The van der Waals surface area contributed by atoms with E-state index in [0.29, 0.717) is 5.69 Å². The second-order valence-electron chi connectivity index (χ2n) is 6.07. The highest BCUT2D eigenvalue weighted by molar-refractivity contribution is 6.03. The van der Waals surface area contributed by atoms with Gasteiger partial charge in [0, 0.05) is 31.5 Å². The number of hydrogen-bond donors (Lipinski definition) is 2. The van der Waals surface area contributed by atoms with Gasteiger partial charge in [0.1, 0.15) is 6.42 Å². The first-order valence-corrected chi connectivity index (χ1v) is 7.91. The Morgan fingerprint density at radius 1 is 1.05 bits per heavy atom. The van der Waals surface area contributed by atoms with E-state index in [2.05, 4.69) is 10.6 Å². The molecule has 0 atom stereocenters. The van der Waals surface area contributed by atoms with Gasteiger partial charge in [0.05, 0.1) is 0 Å². The average Bonchev–Trinajstić information content (AvgIpc) is 2.48. The van der Waals surface area contributed by atoms with Crippen LogP contribution in [0.25, 0.3) is 0 Å². The van der Waals surface area contributed by atoms with Crippen LogP contribution in [-0.2, 0) is 9.59 Å². The van der Waals surface area contributed by atoms with E-state index in [1.54, 1.807) is 0 Å². The van der Waals surface area contributed by atoms with E-state index in [0.717, 1.165) is 31.4 Å². The number of nitrogens with zero attached hydrogens (tertiary/aromatic N) is 1. The first-order chi connectivity index (χ1) is 10.5. The van der Waals surface area contributed by atoms with Crippen LogP contribution in [0, 0.1) is 0 Å². The maximum atomic E-state index is 11.9. The molecule has 5 nitrogen and oxygen atoms in total. The van der Waals surface area contributed by atoms with E-state index < -0.39 is 0 Å². The van der Waals surface area contributed by atoms with Gasteiger partial charge in [-0.05, 0) is 37.1 Å². The molecular weight excluding hydrogens is 278 g/mol. The molecule has 5 heteroatoms. The molecule has 1 aromatic carbocycles. The molecular formula is C17H25N3O2. The van der Waals surface area contributed by atoms with Crippen molar-refractivity contribution in [1.82, 2.24) is 5.32 Å². The number of amides is 2. The monoisotopic (exact) mass is 303 g/mol. The molecule has 1 fully saturated rings. The van der Waals surface area contributed by atoms with Crippen molar-refractivity contribution < 1.29 is 9.59 Å². The van der Waals surface area contributed by atoms with Gasteiger partial charge in [0.25, 0.3) is 0 Å². The van der Waals surface area contributed by atoms with Crippen LogP contribution in [0.4, 0.5) is 11.4 Å². The van der Waals surface area contributed by atoms with E-state index in [1.807, 2.05) is 43.3 Å². The van der Waals surface area contributed by atoms with Crippen molar-refractivity contribution in [3.63, 3.8) is 0 Å². The highest BCUT2D eigenvalue weighted by Gasteiger charge is 2.17. The normalized spacial score (nSPS) is 15.2.